The van der Waals surface area contributed by atoms with E-state index < -0.39 is 0 Å². The Kier molecular flexibility index (Phi) is 3.51. The summed E-state index contributed by atoms with van der Waals surface area (Å²) in [6.07, 6.45) is 1.63. The zero-order chi connectivity index (χ0) is 7.28. The van der Waals surface area contributed by atoms with E-state index in [2.05, 4.69) is 10.2 Å². The third-order valence-electron chi connectivity index (χ3n) is 0.833. The summed E-state index contributed by atoms with van der Waals surface area (Å²) < 4.78 is 0. The van der Waals surface area contributed by atoms with Gasteiger partial charge in [0.15, 0.2) is 0 Å². The summed E-state index contributed by atoms with van der Waals surface area (Å²) >= 11 is 0. The zero-order valence-electron chi connectivity index (χ0n) is 5.99. The summed E-state index contributed by atoms with van der Waals surface area (Å²) in [6.45, 7) is 5.75. The van der Waals surface area contributed by atoms with Crippen LogP contribution in [-0.4, -0.2) is 10.2 Å². The van der Waals surface area contributed by atoms with Gasteiger partial charge in [-0.15, -0.1) is 0 Å². The molecule has 3 heteroatoms. The lowest BCUT2D eigenvalue weighted by Crippen LogP contribution is -1.99. The van der Waals surface area contributed by atoms with Crippen LogP contribution >= 0.6 is 0 Å². The molecule has 0 aliphatic rings. The van der Waals surface area contributed by atoms with Crippen molar-refractivity contribution in [3.05, 3.63) is 22.1 Å². The normalized spacial score (nSPS) is 7.89. The molecule has 3 nitrogen and oxygen atoms in total. The van der Waals surface area contributed by atoms with E-state index in [0.29, 0.717) is 0 Å². The number of hydrogen-bond donors (Lipinski definition) is 2. The highest BCUT2D eigenvalue weighted by Crippen LogP contribution is 1.75. The second-order valence-electron chi connectivity index (χ2n) is 1.43. The van der Waals surface area contributed by atoms with Gasteiger partial charge in [0.1, 0.15) is 0 Å². The average molecular weight is 128 g/mol. The van der Waals surface area contributed by atoms with Gasteiger partial charge >= 0.3 is 0 Å². The van der Waals surface area contributed by atoms with Crippen LogP contribution in [0.4, 0.5) is 0 Å². The van der Waals surface area contributed by atoms with Crippen molar-refractivity contribution in [1.29, 1.82) is 0 Å². The predicted octanol–water partition coefficient (Wildman–Crippen LogP) is 1.04. The van der Waals surface area contributed by atoms with Crippen LogP contribution in [0.15, 0.2) is 11.0 Å². The maximum Gasteiger partial charge on any atom is 0.266 e. The highest BCUT2D eigenvalue weighted by atomic mass is 16.1. The SMILES string of the molecule is CC.Cc1c[nH][nH]c1=O. The van der Waals surface area contributed by atoms with Gasteiger partial charge in [-0.05, 0) is 6.92 Å². The molecular weight excluding hydrogens is 116 g/mol. The van der Waals surface area contributed by atoms with Gasteiger partial charge in [0.05, 0.1) is 0 Å². The molecule has 9 heavy (non-hydrogen) atoms. The van der Waals surface area contributed by atoms with E-state index in [-0.39, 0.29) is 5.56 Å². The topological polar surface area (TPSA) is 48.6 Å². The fraction of sp³-hybridized carbons (Fsp3) is 0.500. The molecule has 1 aromatic heterocycles. The molecule has 0 radical (unpaired) electrons. The van der Waals surface area contributed by atoms with Crippen molar-refractivity contribution in [2.45, 2.75) is 20.8 Å². The lowest BCUT2D eigenvalue weighted by molar-refractivity contribution is 1.06. The smallest absolute Gasteiger partial charge is 0.266 e. The van der Waals surface area contributed by atoms with Crippen molar-refractivity contribution < 1.29 is 0 Å². The van der Waals surface area contributed by atoms with E-state index in [1.54, 1.807) is 13.1 Å². The zero-order valence-corrected chi connectivity index (χ0v) is 5.99. The number of aromatic nitrogens is 2. The molecule has 2 N–H and O–H groups in total. The summed E-state index contributed by atoms with van der Waals surface area (Å²) in [4.78, 5) is 10.3. The molecule has 0 unspecified atom stereocenters. The summed E-state index contributed by atoms with van der Waals surface area (Å²) in [5.74, 6) is 0. The van der Waals surface area contributed by atoms with Crippen molar-refractivity contribution in [1.82, 2.24) is 10.2 Å². The van der Waals surface area contributed by atoms with Crippen molar-refractivity contribution in [2.75, 3.05) is 0 Å². The molecule has 0 saturated carbocycles. The van der Waals surface area contributed by atoms with Gasteiger partial charge in [-0.2, -0.15) is 0 Å². The van der Waals surface area contributed by atoms with Gasteiger partial charge < -0.3 is 5.10 Å². The molecule has 0 spiro atoms. The first-order valence-electron chi connectivity index (χ1n) is 3.03. The van der Waals surface area contributed by atoms with E-state index in [9.17, 15) is 4.79 Å². The Labute approximate surface area is 54.1 Å². The second kappa shape index (κ2) is 3.95. The highest BCUT2D eigenvalue weighted by molar-refractivity contribution is 4.97. The lowest BCUT2D eigenvalue weighted by Gasteiger charge is -1.63. The molecule has 0 bridgehead atoms. The van der Waals surface area contributed by atoms with Gasteiger partial charge in [0.2, 0.25) is 0 Å². The van der Waals surface area contributed by atoms with Gasteiger partial charge in [-0.3, -0.25) is 9.89 Å². The second-order valence-corrected chi connectivity index (χ2v) is 1.43. The molecule has 1 aromatic rings. The Bertz CT molecular complexity index is 199. The lowest BCUT2D eigenvalue weighted by atomic mass is 10.4. The van der Waals surface area contributed by atoms with Crippen molar-refractivity contribution in [2.24, 2.45) is 0 Å². The summed E-state index contributed by atoms with van der Waals surface area (Å²) in [5, 5.41) is 4.95. The number of hydrogen-bond acceptors (Lipinski definition) is 1. The van der Waals surface area contributed by atoms with Crippen molar-refractivity contribution in [3.8, 4) is 0 Å². The minimum atomic E-state index is -0.0417. The Hall–Kier alpha value is -0.990. The standard InChI is InChI=1S/C4H6N2O.C2H6/c1-3-2-5-6-4(3)7;1-2/h2H,1H3,(H2,5,6,7);1-2H3. The van der Waals surface area contributed by atoms with E-state index in [4.69, 9.17) is 0 Å². The monoisotopic (exact) mass is 128 g/mol. The van der Waals surface area contributed by atoms with E-state index in [1.807, 2.05) is 13.8 Å². The van der Waals surface area contributed by atoms with Crippen LogP contribution in [0.2, 0.25) is 0 Å². The van der Waals surface area contributed by atoms with Crippen LogP contribution in [0.1, 0.15) is 19.4 Å². The Morgan fingerprint density at radius 1 is 1.44 bits per heavy atom. The number of H-pyrrole nitrogens is 2. The summed E-state index contributed by atoms with van der Waals surface area (Å²) in [7, 11) is 0. The Morgan fingerprint density at radius 3 is 2.11 bits per heavy atom. The summed E-state index contributed by atoms with van der Waals surface area (Å²) in [6, 6.07) is 0. The minimum absolute atomic E-state index is 0.0417. The molecular formula is C6H12N2O. The molecule has 1 rings (SSSR count). The first kappa shape index (κ1) is 8.01. The molecule has 52 valence electrons. The summed E-state index contributed by atoms with van der Waals surface area (Å²) in [5.41, 5.74) is 0.681. The number of rotatable bonds is 0. The molecule has 0 saturated heterocycles. The fourth-order valence-electron chi connectivity index (χ4n) is 0.374. The van der Waals surface area contributed by atoms with Crippen LogP contribution in [-0.2, 0) is 0 Å². The van der Waals surface area contributed by atoms with Gasteiger partial charge in [0.25, 0.3) is 5.56 Å². The molecule has 0 aromatic carbocycles. The molecule has 0 atom stereocenters. The predicted molar refractivity (Wildman–Crippen MR) is 37.5 cm³/mol. The number of aryl methyl sites for hydroxylation is 1. The quantitative estimate of drug-likeness (QED) is 0.538. The van der Waals surface area contributed by atoms with Crippen LogP contribution in [0.3, 0.4) is 0 Å². The third kappa shape index (κ3) is 2.17. The molecule has 0 fully saturated rings. The maximum atomic E-state index is 10.3. The average Bonchev–Trinajstić information content (AvgIpc) is 2.23. The van der Waals surface area contributed by atoms with Gasteiger partial charge in [-0.25, -0.2) is 0 Å². The number of nitrogens with one attached hydrogen (secondary N) is 2. The van der Waals surface area contributed by atoms with E-state index in [0.717, 1.165) is 5.56 Å². The van der Waals surface area contributed by atoms with E-state index in [1.165, 1.54) is 0 Å². The van der Waals surface area contributed by atoms with Crippen molar-refractivity contribution in [3.63, 3.8) is 0 Å². The minimum Gasteiger partial charge on any atom is -0.305 e. The van der Waals surface area contributed by atoms with Crippen LogP contribution in [0, 0.1) is 6.92 Å². The van der Waals surface area contributed by atoms with Crippen LogP contribution < -0.4 is 5.56 Å². The molecule has 1 heterocycles. The van der Waals surface area contributed by atoms with Crippen molar-refractivity contribution >= 4 is 0 Å². The Balaban J connectivity index is 0.000000291. The van der Waals surface area contributed by atoms with Crippen LogP contribution in [0.25, 0.3) is 0 Å². The molecule has 0 aliphatic carbocycles. The fourth-order valence-corrected chi connectivity index (χ4v) is 0.374. The van der Waals surface area contributed by atoms with Crippen LogP contribution in [0.5, 0.6) is 0 Å². The Morgan fingerprint density at radius 2 is 2.00 bits per heavy atom. The first-order chi connectivity index (χ1) is 4.30. The van der Waals surface area contributed by atoms with Gasteiger partial charge in [-0.1, -0.05) is 13.8 Å². The molecule has 0 amide bonds. The largest absolute Gasteiger partial charge is 0.305 e. The first-order valence-corrected chi connectivity index (χ1v) is 3.03. The number of aromatic amines is 2. The van der Waals surface area contributed by atoms with Gasteiger partial charge in [0, 0.05) is 11.8 Å². The van der Waals surface area contributed by atoms with E-state index >= 15 is 0 Å². The maximum absolute atomic E-state index is 10.3. The highest BCUT2D eigenvalue weighted by Gasteiger charge is 1.85. The molecule has 0 aliphatic heterocycles. The third-order valence-corrected chi connectivity index (χ3v) is 0.833.